The van der Waals surface area contributed by atoms with Gasteiger partial charge in [0.15, 0.2) is 0 Å². The minimum atomic E-state index is -0.417. The van der Waals surface area contributed by atoms with Crippen LogP contribution < -0.4 is 4.74 Å². The smallest absolute Gasteiger partial charge is 0.269 e. The van der Waals surface area contributed by atoms with E-state index in [1.807, 2.05) is 24.3 Å². The molecule has 7 nitrogen and oxygen atoms in total. The minimum absolute atomic E-state index is 0.00416. The number of carbonyl (C=O) groups is 1. The fourth-order valence-corrected chi connectivity index (χ4v) is 4.03. The number of aryl methyl sites for hydroxylation is 1. The Balaban J connectivity index is 1.81. The van der Waals surface area contributed by atoms with Crippen LogP contribution in [0, 0.1) is 16.0 Å². The van der Waals surface area contributed by atoms with Crippen molar-refractivity contribution in [1.82, 2.24) is 5.01 Å². The number of rotatable bonds is 3. The fraction of sp³-hybridized carbons (Fsp3) is 0.300. The van der Waals surface area contributed by atoms with Gasteiger partial charge < -0.3 is 4.74 Å². The molecular weight excluding hydrogens is 346 g/mol. The number of non-ortho nitro benzene ring substituents is 1. The lowest BCUT2D eigenvalue weighted by molar-refractivity contribution is -0.385. The number of nitrogens with zero attached hydrogens (tertiary/aromatic N) is 3. The number of hydrogen-bond donors (Lipinski definition) is 0. The Kier molecular flexibility index (Phi) is 4.14. The second-order valence-electron chi connectivity index (χ2n) is 6.81. The summed E-state index contributed by atoms with van der Waals surface area (Å²) in [4.78, 5) is 23.1. The highest BCUT2D eigenvalue weighted by Crippen LogP contribution is 2.44. The Hall–Kier alpha value is -3.22. The van der Waals surface area contributed by atoms with Gasteiger partial charge in [-0.1, -0.05) is 18.2 Å². The van der Waals surface area contributed by atoms with Crippen LogP contribution in [0.2, 0.25) is 0 Å². The van der Waals surface area contributed by atoms with Crippen molar-refractivity contribution >= 4 is 17.3 Å². The zero-order valence-corrected chi connectivity index (χ0v) is 15.1. The third-order valence-electron chi connectivity index (χ3n) is 5.27. The molecule has 0 fully saturated rings. The van der Waals surface area contributed by atoms with Crippen LogP contribution in [0.25, 0.3) is 0 Å². The Morgan fingerprint density at radius 2 is 2.11 bits per heavy atom. The standard InChI is InChI=1S/C20H19N3O4/c1-12(24)22-20(14-4-3-5-15(10-14)23(25)26)17-9-7-13-6-8-16(27-2)11-18(13)19(17)21-22/h3-6,8,10-11,17,20H,7,9H2,1-2H3/t17-,20+/m1/s1. The number of hydrogen-bond acceptors (Lipinski definition) is 5. The van der Waals surface area contributed by atoms with Gasteiger partial charge in [-0.3, -0.25) is 14.9 Å². The number of nitro groups is 1. The number of ether oxygens (including phenoxy) is 1. The van der Waals surface area contributed by atoms with Crippen molar-refractivity contribution in [2.45, 2.75) is 25.8 Å². The summed E-state index contributed by atoms with van der Waals surface area (Å²) in [6.07, 6.45) is 1.69. The van der Waals surface area contributed by atoms with E-state index in [1.165, 1.54) is 23.6 Å². The highest BCUT2D eigenvalue weighted by molar-refractivity contribution is 6.07. The van der Waals surface area contributed by atoms with Gasteiger partial charge in [0, 0.05) is 30.5 Å². The maximum atomic E-state index is 12.3. The van der Waals surface area contributed by atoms with Crippen molar-refractivity contribution in [3.8, 4) is 5.75 Å². The minimum Gasteiger partial charge on any atom is -0.497 e. The van der Waals surface area contributed by atoms with Crippen molar-refractivity contribution in [1.29, 1.82) is 0 Å². The zero-order chi connectivity index (χ0) is 19.1. The van der Waals surface area contributed by atoms with Crippen molar-refractivity contribution in [3.63, 3.8) is 0 Å². The highest BCUT2D eigenvalue weighted by Gasteiger charge is 2.43. The van der Waals surface area contributed by atoms with E-state index in [0.717, 1.165) is 35.4 Å². The Morgan fingerprint density at radius 3 is 2.81 bits per heavy atom. The summed E-state index contributed by atoms with van der Waals surface area (Å²) in [6.45, 7) is 1.47. The summed E-state index contributed by atoms with van der Waals surface area (Å²) in [5.41, 5.74) is 3.76. The van der Waals surface area contributed by atoms with E-state index in [0.29, 0.717) is 0 Å². The molecule has 4 rings (SSSR count). The number of hydrazone groups is 1. The quantitative estimate of drug-likeness (QED) is 0.616. The Bertz CT molecular complexity index is 969. The molecule has 1 aliphatic carbocycles. The maximum Gasteiger partial charge on any atom is 0.269 e. The second-order valence-corrected chi connectivity index (χ2v) is 6.81. The van der Waals surface area contributed by atoms with Crippen molar-refractivity contribution in [2.75, 3.05) is 7.11 Å². The molecule has 0 radical (unpaired) electrons. The third-order valence-corrected chi connectivity index (χ3v) is 5.27. The van der Waals surface area contributed by atoms with E-state index in [4.69, 9.17) is 4.74 Å². The first-order valence-electron chi connectivity index (χ1n) is 8.79. The summed E-state index contributed by atoms with van der Waals surface area (Å²) < 4.78 is 5.35. The molecule has 2 aromatic rings. The summed E-state index contributed by atoms with van der Waals surface area (Å²) in [6, 6.07) is 12.1. The number of amides is 1. The number of nitro benzene ring substituents is 1. The van der Waals surface area contributed by atoms with Crippen LogP contribution in [0.15, 0.2) is 47.6 Å². The van der Waals surface area contributed by atoms with Crippen LogP contribution in [0.4, 0.5) is 5.69 Å². The molecule has 7 heteroatoms. The van der Waals surface area contributed by atoms with Gasteiger partial charge in [0.25, 0.3) is 5.69 Å². The van der Waals surface area contributed by atoms with E-state index in [2.05, 4.69) is 5.10 Å². The first-order valence-corrected chi connectivity index (χ1v) is 8.79. The number of carbonyl (C=O) groups excluding carboxylic acids is 1. The molecule has 138 valence electrons. The van der Waals surface area contributed by atoms with Gasteiger partial charge >= 0.3 is 0 Å². The van der Waals surface area contributed by atoms with Gasteiger partial charge in [0.1, 0.15) is 5.75 Å². The average molecular weight is 365 g/mol. The van der Waals surface area contributed by atoms with Gasteiger partial charge in [0.05, 0.1) is 23.8 Å². The lowest BCUT2D eigenvalue weighted by Gasteiger charge is -2.29. The molecule has 2 aliphatic rings. The van der Waals surface area contributed by atoms with Crippen LogP contribution in [-0.2, 0) is 11.2 Å². The van der Waals surface area contributed by atoms with E-state index >= 15 is 0 Å². The van der Waals surface area contributed by atoms with Crippen LogP contribution in [0.5, 0.6) is 5.75 Å². The van der Waals surface area contributed by atoms with Crippen molar-refractivity contribution in [3.05, 3.63) is 69.3 Å². The van der Waals surface area contributed by atoms with Gasteiger partial charge in [0.2, 0.25) is 5.91 Å². The first kappa shape index (κ1) is 17.2. The molecular formula is C20H19N3O4. The lowest BCUT2D eigenvalue weighted by atomic mass is 9.77. The Morgan fingerprint density at radius 1 is 1.30 bits per heavy atom. The van der Waals surface area contributed by atoms with Crippen LogP contribution in [-0.4, -0.2) is 28.7 Å². The van der Waals surface area contributed by atoms with E-state index in [1.54, 1.807) is 19.2 Å². The SMILES string of the molecule is COc1ccc2c(c1)C1=NN(C(C)=O)[C@@H](c3cccc([N+](=O)[O-])c3)[C@@H]1CC2. The summed E-state index contributed by atoms with van der Waals surface area (Å²) in [7, 11) is 1.62. The normalized spacial score (nSPS) is 20.5. The maximum absolute atomic E-state index is 12.3. The molecule has 0 saturated carbocycles. The van der Waals surface area contributed by atoms with E-state index < -0.39 is 4.92 Å². The number of methoxy groups -OCH3 is 1. The fourth-order valence-electron chi connectivity index (χ4n) is 4.03. The van der Waals surface area contributed by atoms with Gasteiger partial charge in [-0.25, -0.2) is 5.01 Å². The van der Waals surface area contributed by atoms with Crippen molar-refractivity contribution in [2.24, 2.45) is 11.0 Å². The van der Waals surface area contributed by atoms with E-state index in [-0.39, 0.29) is 23.6 Å². The predicted octanol–water partition coefficient (Wildman–Crippen LogP) is 3.47. The molecule has 1 amide bonds. The van der Waals surface area contributed by atoms with Crippen LogP contribution in [0.3, 0.4) is 0 Å². The number of benzene rings is 2. The molecule has 0 aromatic heterocycles. The average Bonchev–Trinajstić information content (AvgIpc) is 3.08. The lowest BCUT2D eigenvalue weighted by Crippen LogP contribution is -2.31. The first-order chi connectivity index (χ1) is 13.0. The summed E-state index contributed by atoms with van der Waals surface area (Å²) >= 11 is 0. The van der Waals surface area contributed by atoms with Gasteiger partial charge in [-0.2, -0.15) is 5.10 Å². The Labute approximate surface area is 156 Å². The van der Waals surface area contributed by atoms with Gasteiger partial charge in [-0.15, -0.1) is 0 Å². The topological polar surface area (TPSA) is 85.0 Å². The molecule has 2 aromatic carbocycles. The molecule has 1 aliphatic heterocycles. The summed E-state index contributed by atoms with van der Waals surface area (Å²) in [5, 5.41) is 17.3. The largest absolute Gasteiger partial charge is 0.497 e. The van der Waals surface area contributed by atoms with Crippen LogP contribution >= 0.6 is 0 Å². The molecule has 27 heavy (non-hydrogen) atoms. The molecule has 0 N–H and O–H groups in total. The third kappa shape index (κ3) is 2.85. The molecule has 1 heterocycles. The zero-order valence-electron chi connectivity index (χ0n) is 15.1. The monoisotopic (exact) mass is 365 g/mol. The highest BCUT2D eigenvalue weighted by atomic mass is 16.6. The van der Waals surface area contributed by atoms with Crippen LogP contribution in [0.1, 0.15) is 36.1 Å². The van der Waals surface area contributed by atoms with Gasteiger partial charge in [-0.05, 0) is 36.1 Å². The molecule has 0 bridgehead atoms. The molecule has 2 atom stereocenters. The second kappa shape index (κ2) is 6.50. The molecule has 0 unspecified atom stereocenters. The molecule has 0 spiro atoms. The summed E-state index contributed by atoms with van der Waals surface area (Å²) in [5.74, 6) is 0.554. The number of fused-ring (bicyclic) bond motifs is 3. The molecule has 0 saturated heterocycles. The van der Waals surface area contributed by atoms with Crippen molar-refractivity contribution < 1.29 is 14.5 Å². The van der Waals surface area contributed by atoms with E-state index in [9.17, 15) is 14.9 Å². The predicted molar refractivity (Wildman–Crippen MR) is 99.7 cm³/mol.